The van der Waals surface area contributed by atoms with Crippen LogP contribution in [0.15, 0.2) is 53.4 Å². The molecule has 0 unspecified atom stereocenters. The highest BCUT2D eigenvalue weighted by Crippen LogP contribution is 2.21. The molecule has 0 saturated carbocycles. The molecule has 0 saturated heterocycles. The first-order chi connectivity index (χ1) is 7.29. The van der Waals surface area contributed by atoms with Crippen LogP contribution in [-0.2, 0) is 6.61 Å². The molecule has 2 aromatic rings. The monoisotopic (exact) mass is 216 g/mol. The number of rotatable bonds is 2. The molecular formula is C13H12OS. The minimum absolute atomic E-state index is 0.0931. The molecule has 2 aromatic carbocycles. The molecule has 0 aliphatic carbocycles. The van der Waals surface area contributed by atoms with E-state index in [1.165, 1.54) is 0 Å². The van der Waals surface area contributed by atoms with Crippen LogP contribution in [0.3, 0.4) is 0 Å². The maximum absolute atomic E-state index is 8.93. The molecule has 0 bridgehead atoms. The van der Waals surface area contributed by atoms with Gasteiger partial charge in [0.25, 0.3) is 0 Å². The molecule has 1 N–H and O–H groups in total. The second-order valence-corrected chi connectivity index (χ2v) is 3.92. The average molecular weight is 216 g/mol. The Bertz CT molecular complexity index is 431. The summed E-state index contributed by atoms with van der Waals surface area (Å²) >= 11 is 4.24. The number of hydrogen-bond acceptors (Lipinski definition) is 2. The summed E-state index contributed by atoms with van der Waals surface area (Å²) in [5.41, 5.74) is 3.25. The van der Waals surface area contributed by atoms with Crippen LogP contribution in [0.4, 0.5) is 0 Å². The fourth-order valence-corrected chi connectivity index (χ4v) is 1.61. The molecule has 2 rings (SSSR count). The Hall–Kier alpha value is -1.25. The van der Waals surface area contributed by atoms with Gasteiger partial charge >= 0.3 is 0 Å². The van der Waals surface area contributed by atoms with E-state index in [1.54, 1.807) is 0 Å². The quantitative estimate of drug-likeness (QED) is 0.739. The Labute approximate surface area is 94.8 Å². The topological polar surface area (TPSA) is 20.2 Å². The fraction of sp³-hybridized carbons (Fsp3) is 0.0769. The molecule has 0 fully saturated rings. The van der Waals surface area contributed by atoms with Crippen LogP contribution in [-0.4, -0.2) is 5.11 Å². The molecule has 0 radical (unpaired) electrons. The van der Waals surface area contributed by atoms with Crippen molar-refractivity contribution < 1.29 is 5.11 Å². The van der Waals surface area contributed by atoms with Crippen molar-refractivity contribution in [2.75, 3.05) is 0 Å². The molecule has 0 aliphatic rings. The van der Waals surface area contributed by atoms with E-state index >= 15 is 0 Å². The van der Waals surface area contributed by atoms with E-state index in [0.717, 1.165) is 21.6 Å². The second kappa shape index (κ2) is 4.51. The molecule has 15 heavy (non-hydrogen) atoms. The van der Waals surface area contributed by atoms with Crippen LogP contribution < -0.4 is 0 Å². The standard InChI is InChI=1S/C13H12OS/c14-9-10-1-3-11(4-2-10)12-5-7-13(15)8-6-12/h1-8,14-15H,9H2. The highest BCUT2D eigenvalue weighted by Gasteiger charge is 1.97. The van der Waals surface area contributed by atoms with E-state index in [4.69, 9.17) is 5.11 Å². The Balaban J connectivity index is 2.33. The molecule has 0 aromatic heterocycles. The number of aliphatic hydroxyl groups is 1. The predicted octanol–water partition coefficient (Wildman–Crippen LogP) is 3.13. The molecule has 76 valence electrons. The Morgan fingerprint density at radius 3 is 1.73 bits per heavy atom. The minimum atomic E-state index is 0.0931. The van der Waals surface area contributed by atoms with E-state index in [-0.39, 0.29) is 6.61 Å². The van der Waals surface area contributed by atoms with Gasteiger partial charge in [-0.3, -0.25) is 0 Å². The van der Waals surface area contributed by atoms with Crippen molar-refractivity contribution in [1.29, 1.82) is 0 Å². The summed E-state index contributed by atoms with van der Waals surface area (Å²) in [5, 5.41) is 8.93. The lowest BCUT2D eigenvalue weighted by atomic mass is 10.0. The van der Waals surface area contributed by atoms with Gasteiger partial charge in [-0.15, -0.1) is 12.6 Å². The largest absolute Gasteiger partial charge is 0.392 e. The third-order valence-corrected chi connectivity index (χ3v) is 2.64. The zero-order valence-corrected chi connectivity index (χ0v) is 9.11. The summed E-state index contributed by atoms with van der Waals surface area (Å²) in [4.78, 5) is 0.964. The van der Waals surface area contributed by atoms with E-state index < -0.39 is 0 Å². The Morgan fingerprint density at radius 1 is 0.800 bits per heavy atom. The Morgan fingerprint density at radius 2 is 1.27 bits per heavy atom. The summed E-state index contributed by atoms with van der Waals surface area (Å²) in [5.74, 6) is 0. The summed E-state index contributed by atoms with van der Waals surface area (Å²) in [6.07, 6.45) is 0. The van der Waals surface area contributed by atoms with Crippen LogP contribution in [0.2, 0.25) is 0 Å². The van der Waals surface area contributed by atoms with Gasteiger partial charge in [0.15, 0.2) is 0 Å². The molecule has 1 nitrogen and oxygen atoms in total. The lowest BCUT2D eigenvalue weighted by Crippen LogP contribution is -1.83. The van der Waals surface area contributed by atoms with Crippen molar-refractivity contribution in [2.45, 2.75) is 11.5 Å². The van der Waals surface area contributed by atoms with Gasteiger partial charge < -0.3 is 5.11 Å². The Kier molecular flexibility index (Phi) is 3.09. The smallest absolute Gasteiger partial charge is 0.0681 e. The normalized spacial score (nSPS) is 10.3. The van der Waals surface area contributed by atoms with Gasteiger partial charge in [-0.25, -0.2) is 0 Å². The van der Waals surface area contributed by atoms with Crippen molar-refractivity contribution in [3.05, 3.63) is 54.1 Å². The third kappa shape index (κ3) is 2.41. The number of hydrogen-bond donors (Lipinski definition) is 2. The second-order valence-electron chi connectivity index (χ2n) is 3.40. The third-order valence-electron chi connectivity index (χ3n) is 2.34. The van der Waals surface area contributed by atoms with Crippen molar-refractivity contribution in [2.24, 2.45) is 0 Å². The first-order valence-electron chi connectivity index (χ1n) is 4.79. The van der Waals surface area contributed by atoms with Crippen LogP contribution in [0.1, 0.15) is 5.56 Å². The zero-order valence-electron chi connectivity index (χ0n) is 8.22. The summed E-state index contributed by atoms with van der Waals surface area (Å²) in [7, 11) is 0. The maximum Gasteiger partial charge on any atom is 0.0681 e. The van der Waals surface area contributed by atoms with E-state index in [1.807, 2.05) is 48.5 Å². The maximum atomic E-state index is 8.93. The van der Waals surface area contributed by atoms with E-state index in [9.17, 15) is 0 Å². The molecule has 0 atom stereocenters. The molecule has 0 amide bonds. The van der Waals surface area contributed by atoms with Crippen LogP contribution in [0.5, 0.6) is 0 Å². The zero-order chi connectivity index (χ0) is 10.7. The van der Waals surface area contributed by atoms with Gasteiger partial charge in [0.2, 0.25) is 0 Å². The van der Waals surface area contributed by atoms with Crippen LogP contribution in [0.25, 0.3) is 11.1 Å². The summed E-state index contributed by atoms with van der Waals surface area (Å²) in [6, 6.07) is 15.9. The molecule has 0 spiro atoms. The van der Waals surface area contributed by atoms with Gasteiger partial charge in [-0.2, -0.15) is 0 Å². The van der Waals surface area contributed by atoms with Crippen molar-refractivity contribution in [1.82, 2.24) is 0 Å². The van der Waals surface area contributed by atoms with Crippen molar-refractivity contribution in [3.8, 4) is 11.1 Å². The van der Waals surface area contributed by atoms with Gasteiger partial charge in [0.1, 0.15) is 0 Å². The summed E-state index contributed by atoms with van der Waals surface area (Å²) < 4.78 is 0. The van der Waals surface area contributed by atoms with Crippen LogP contribution >= 0.6 is 12.6 Å². The van der Waals surface area contributed by atoms with Crippen LogP contribution in [0, 0.1) is 0 Å². The SMILES string of the molecule is OCc1ccc(-c2ccc(S)cc2)cc1. The first kappa shape index (κ1) is 10.3. The van der Waals surface area contributed by atoms with Crippen molar-refractivity contribution in [3.63, 3.8) is 0 Å². The summed E-state index contributed by atoms with van der Waals surface area (Å²) in [6.45, 7) is 0.0931. The minimum Gasteiger partial charge on any atom is -0.392 e. The number of benzene rings is 2. The average Bonchev–Trinajstić information content (AvgIpc) is 2.30. The highest BCUT2D eigenvalue weighted by molar-refractivity contribution is 7.80. The van der Waals surface area contributed by atoms with Crippen molar-refractivity contribution >= 4 is 12.6 Å². The highest BCUT2D eigenvalue weighted by atomic mass is 32.1. The predicted molar refractivity (Wildman–Crippen MR) is 65.1 cm³/mol. The number of thiol groups is 1. The molecule has 0 aliphatic heterocycles. The lowest BCUT2D eigenvalue weighted by Gasteiger charge is -2.03. The lowest BCUT2D eigenvalue weighted by molar-refractivity contribution is 0.282. The fourth-order valence-electron chi connectivity index (χ4n) is 1.46. The van der Waals surface area contributed by atoms with E-state index in [0.29, 0.717) is 0 Å². The molecular weight excluding hydrogens is 204 g/mol. The molecule has 2 heteroatoms. The number of aliphatic hydroxyl groups excluding tert-OH is 1. The van der Waals surface area contributed by atoms with Gasteiger partial charge in [0.05, 0.1) is 6.61 Å². The van der Waals surface area contributed by atoms with E-state index in [2.05, 4.69) is 12.6 Å². The first-order valence-corrected chi connectivity index (χ1v) is 5.23. The van der Waals surface area contributed by atoms with Gasteiger partial charge in [-0.05, 0) is 28.8 Å². The molecule has 0 heterocycles. The van der Waals surface area contributed by atoms with Gasteiger partial charge in [-0.1, -0.05) is 36.4 Å². The van der Waals surface area contributed by atoms with Gasteiger partial charge in [0, 0.05) is 4.90 Å².